The summed E-state index contributed by atoms with van der Waals surface area (Å²) in [6, 6.07) is 2.68. The molecule has 0 unspecified atom stereocenters. The molecule has 2 aromatic heterocycles. The Morgan fingerprint density at radius 3 is 2.69 bits per heavy atom. The van der Waals surface area contributed by atoms with Gasteiger partial charge in [0.25, 0.3) is 5.91 Å². The smallest absolute Gasteiger partial charge is 0.314 e. The number of carbonyl (C=O) groups excluding carboxylic acids is 3. The lowest BCUT2D eigenvalue weighted by atomic mass is 10.2. The van der Waals surface area contributed by atoms with E-state index in [1.807, 2.05) is 7.05 Å². The number of fused-ring (bicyclic) bond motifs is 1. The lowest BCUT2D eigenvalue weighted by Gasteiger charge is -2.20. The topological polar surface area (TPSA) is 150 Å². The summed E-state index contributed by atoms with van der Waals surface area (Å²) in [5.41, 5.74) is 1.88. The van der Waals surface area contributed by atoms with E-state index < -0.39 is 33.6 Å². The fourth-order valence-electron chi connectivity index (χ4n) is 3.30. The number of sulfone groups is 1. The number of halogens is 1. The predicted octanol–water partition coefficient (Wildman–Crippen LogP) is 0.749. The van der Waals surface area contributed by atoms with Crippen LogP contribution in [0, 0.1) is 0 Å². The highest BCUT2D eigenvalue weighted by Crippen LogP contribution is 2.24. The van der Waals surface area contributed by atoms with Gasteiger partial charge in [-0.2, -0.15) is 0 Å². The van der Waals surface area contributed by atoms with Crippen molar-refractivity contribution in [1.29, 1.82) is 0 Å². The summed E-state index contributed by atoms with van der Waals surface area (Å²) in [6.45, 7) is 1.46. The monoisotopic (exact) mass is 634 g/mol. The average molecular weight is 635 g/mol. The standard InChI is InChI=1S/C21H27IN6O5S2/c1-28-7-5-15-16(12-28)34-21(26-15)20(31)25-14(6-8-35(2,32)33)11-24-18(29)19(30)27-17-4-3-13(9-22)10-23-17/h3-4,10,14H,5-9,11-12H2,1-2H3,(H,24,29)(H,25,31)(H,23,27,30)/t14-/m1/s1. The molecule has 0 saturated heterocycles. The van der Waals surface area contributed by atoms with Crippen LogP contribution in [0.5, 0.6) is 0 Å². The van der Waals surface area contributed by atoms with E-state index in [1.54, 1.807) is 18.3 Å². The van der Waals surface area contributed by atoms with Crippen LogP contribution in [0.3, 0.4) is 0 Å². The summed E-state index contributed by atoms with van der Waals surface area (Å²) in [4.78, 5) is 49.0. The third-order valence-electron chi connectivity index (χ3n) is 5.22. The number of hydrogen-bond acceptors (Lipinski definition) is 9. The second kappa shape index (κ2) is 12.2. The van der Waals surface area contributed by atoms with Crippen LogP contribution in [0.1, 0.15) is 32.4 Å². The van der Waals surface area contributed by atoms with Crippen LogP contribution < -0.4 is 16.0 Å². The van der Waals surface area contributed by atoms with Crippen LogP contribution in [-0.2, 0) is 36.8 Å². The third-order valence-corrected chi connectivity index (χ3v) is 8.16. The number of nitrogens with one attached hydrogen (secondary N) is 3. The number of nitrogens with zero attached hydrogens (tertiary/aromatic N) is 3. The van der Waals surface area contributed by atoms with Crippen molar-refractivity contribution in [2.45, 2.75) is 29.9 Å². The first-order valence-corrected chi connectivity index (χ1v) is 15.2. The Hall–Kier alpha value is -2.17. The fraction of sp³-hybridized carbons (Fsp3) is 0.476. The van der Waals surface area contributed by atoms with Gasteiger partial charge in [-0.1, -0.05) is 28.7 Å². The molecule has 3 amide bonds. The van der Waals surface area contributed by atoms with Crippen LogP contribution in [-0.4, -0.2) is 79.2 Å². The molecule has 0 radical (unpaired) electrons. The van der Waals surface area contributed by atoms with Gasteiger partial charge < -0.3 is 20.9 Å². The van der Waals surface area contributed by atoms with E-state index in [0.29, 0.717) is 5.01 Å². The third kappa shape index (κ3) is 8.47. The molecule has 0 aromatic carbocycles. The molecule has 1 aliphatic heterocycles. The van der Waals surface area contributed by atoms with E-state index in [2.05, 4.69) is 53.4 Å². The van der Waals surface area contributed by atoms with Crippen LogP contribution in [0.25, 0.3) is 0 Å². The van der Waals surface area contributed by atoms with Crippen molar-refractivity contribution in [3.63, 3.8) is 0 Å². The Morgan fingerprint density at radius 2 is 2.03 bits per heavy atom. The molecule has 3 heterocycles. The number of hydrogen-bond donors (Lipinski definition) is 3. The molecule has 0 aliphatic carbocycles. The number of thiazole rings is 1. The van der Waals surface area contributed by atoms with Gasteiger partial charge in [0.1, 0.15) is 15.7 Å². The molecule has 0 saturated carbocycles. The van der Waals surface area contributed by atoms with Crippen molar-refractivity contribution in [3.8, 4) is 0 Å². The highest BCUT2D eigenvalue weighted by molar-refractivity contribution is 14.1. The summed E-state index contributed by atoms with van der Waals surface area (Å²) in [7, 11) is -1.30. The van der Waals surface area contributed by atoms with E-state index in [1.165, 1.54) is 11.3 Å². The molecule has 35 heavy (non-hydrogen) atoms. The van der Waals surface area contributed by atoms with Gasteiger partial charge in [-0.15, -0.1) is 11.3 Å². The zero-order chi connectivity index (χ0) is 25.6. The minimum absolute atomic E-state index is 0.0691. The number of aromatic nitrogens is 2. The Labute approximate surface area is 221 Å². The van der Waals surface area contributed by atoms with Crippen LogP contribution >= 0.6 is 33.9 Å². The van der Waals surface area contributed by atoms with Crippen LogP contribution in [0.2, 0.25) is 0 Å². The van der Waals surface area contributed by atoms with Gasteiger partial charge >= 0.3 is 11.8 Å². The number of carbonyl (C=O) groups is 3. The first-order chi connectivity index (χ1) is 16.5. The minimum atomic E-state index is -3.30. The zero-order valence-electron chi connectivity index (χ0n) is 19.3. The average Bonchev–Trinajstić information content (AvgIpc) is 3.23. The molecule has 3 N–H and O–H groups in total. The lowest BCUT2D eigenvalue weighted by molar-refractivity contribution is -0.136. The zero-order valence-corrected chi connectivity index (χ0v) is 23.1. The maximum Gasteiger partial charge on any atom is 0.314 e. The highest BCUT2D eigenvalue weighted by atomic mass is 127. The number of likely N-dealkylation sites (N-methyl/N-ethyl adjacent to an activating group) is 1. The number of anilines is 1. The second-order valence-electron chi connectivity index (χ2n) is 8.32. The quantitative estimate of drug-likeness (QED) is 0.208. The number of pyridine rings is 1. The maximum atomic E-state index is 12.8. The highest BCUT2D eigenvalue weighted by Gasteiger charge is 2.24. The van der Waals surface area contributed by atoms with E-state index in [4.69, 9.17) is 0 Å². The number of alkyl halides is 1. The summed E-state index contributed by atoms with van der Waals surface area (Å²) in [5.74, 6) is -2.23. The molecular weight excluding hydrogens is 607 g/mol. The Morgan fingerprint density at radius 1 is 1.26 bits per heavy atom. The lowest BCUT2D eigenvalue weighted by Crippen LogP contribution is -2.47. The van der Waals surface area contributed by atoms with Crippen molar-refractivity contribution in [1.82, 2.24) is 25.5 Å². The molecule has 11 nitrogen and oxygen atoms in total. The molecule has 2 aromatic rings. The Balaban J connectivity index is 1.60. The summed E-state index contributed by atoms with van der Waals surface area (Å²) < 4.78 is 24.1. The molecule has 3 rings (SSSR count). The van der Waals surface area contributed by atoms with Gasteiger partial charge in [0.2, 0.25) is 0 Å². The van der Waals surface area contributed by atoms with Gasteiger partial charge in [0.05, 0.1) is 11.4 Å². The van der Waals surface area contributed by atoms with Crippen LogP contribution in [0.4, 0.5) is 5.82 Å². The first kappa shape index (κ1) is 27.4. The van der Waals surface area contributed by atoms with Crippen molar-refractivity contribution < 1.29 is 22.8 Å². The van der Waals surface area contributed by atoms with Gasteiger partial charge in [0, 0.05) is 53.9 Å². The molecule has 14 heteroatoms. The normalized spacial score (nSPS) is 14.6. The Kier molecular flexibility index (Phi) is 9.54. The van der Waals surface area contributed by atoms with E-state index in [0.717, 1.165) is 46.3 Å². The number of amides is 3. The summed E-state index contributed by atoms with van der Waals surface area (Å²) in [5, 5.41) is 7.92. The molecule has 1 aliphatic rings. The van der Waals surface area contributed by atoms with E-state index in [-0.39, 0.29) is 24.5 Å². The van der Waals surface area contributed by atoms with Crippen molar-refractivity contribution in [3.05, 3.63) is 39.5 Å². The van der Waals surface area contributed by atoms with Gasteiger partial charge in [-0.25, -0.2) is 18.4 Å². The van der Waals surface area contributed by atoms with Gasteiger partial charge in [-0.3, -0.25) is 14.4 Å². The molecule has 0 spiro atoms. The second-order valence-corrected chi connectivity index (χ2v) is 12.4. The number of rotatable bonds is 9. The van der Waals surface area contributed by atoms with Crippen molar-refractivity contribution in [2.75, 3.05) is 37.5 Å². The summed E-state index contributed by atoms with van der Waals surface area (Å²) >= 11 is 3.49. The SMILES string of the molecule is CN1CCc2nc(C(=O)N[C@H](CCS(C)(=O)=O)CNC(=O)C(=O)Nc3ccc(CI)cn3)sc2C1. The molecule has 0 fully saturated rings. The molecular formula is C21H27IN6O5S2. The maximum absolute atomic E-state index is 12.8. The molecule has 0 bridgehead atoms. The van der Waals surface area contributed by atoms with E-state index in [9.17, 15) is 22.8 Å². The molecule has 190 valence electrons. The van der Waals surface area contributed by atoms with Crippen molar-refractivity contribution >= 4 is 67.3 Å². The Bertz CT molecular complexity index is 1190. The minimum Gasteiger partial charge on any atom is -0.346 e. The van der Waals surface area contributed by atoms with Gasteiger partial charge in [-0.05, 0) is 25.1 Å². The van der Waals surface area contributed by atoms with E-state index >= 15 is 0 Å². The predicted molar refractivity (Wildman–Crippen MR) is 141 cm³/mol. The molecule has 1 atom stereocenters. The fourth-order valence-corrected chi connectivity index (χ4v) is 5.55. The summed E-state index contributed by atoms with van der Waals surface area (Å²) in [6.07, 6.45) is 3.53. The first-order valence-electron chi connectivity index (χ1n) is 10.8. The largest absolute Gasteiger partial charge is 0.346 e. The van der Waals surface area contributed by atoms with Crippen LogP contribution in [0.15, 0.2) is 18.3 Å². The van der Waals surface area contributed by atoms with Gasteiger partial charge in [0.15, 0.2) is 5.01 Å². The van der Waals surface area contributed by atoms with Crippen molar-refractivity contribution in [2.24, 2.45) is 0 Å².